The van der Waals surface area contributed by atoms with Gasteiger partial charge in [0.25, 0.3) is 0 Å². The maximum Gasteiger partial charge on any atom is 0.227 e. The molecule has 0 radical (unpaired) electrons. The van der Waals surface area contributed by atoms with Gasteiger partial charge in [-0.1, -0.05) is 48.0 Å². The topological polar surface area (TPSA) is 61.0 Å². The summed E-state index contributed by atoms with van der Waals surface area (Å²) in [4.78, 5) is 9.59. The average Bonchev–Trinajstić information content (AvgIpc) is 2.67. The van der Waals surface area contributed by atoms with Crippen LogP contribution in [0.3, 0.4) is 0 Å². The highest BCUT2D eigenvalue weighted by molar-refractivity contribution is 7.99. The fourth-order valence-electron chi connectivity index (χ4n) is 2.93. The first-order chi connectivity index (χ1) is 12.7. The van der Waals surface area contributed by atoms with E-state index in [0.29, 0.717) is 18.2 Å². The Balaban J connectivity index is 1.76. The predicted molar refractivity (Wildman–Crippen MR) is 106 cm³/mol. The Labute approximate surface area is 157 Å². The minimum Gasteiger partial charge on any atom is -0.438 e. The first-order valence-electron chi connectivity index (χ1n) is 8.81. The molecule has 2 heterocycles. The third-order valence-corrected chi connectivity index (χ3v) is 5.48. The van der Waals surface area contributed by atoms with Gasteiger partial charge in [0.2, 0.25) is 5.88 Å². The van der Waals surface area contributed by atoms with Gasteiger partial charge >= 0.3 is 0 Å². The SMILES string of the molecule is Cc1ccc(-c2nc3c(c(SCCCN)n2)Cc2ccccc2O3)cc1. The molecule has 3 aromatic rings. The Hall–Kier alpha value is -2.37. The molecule has 4 nitrogen and oxygen atoms in total. The minimum atomic E-state index is 0.671. The number of thioether (sulfide) groups is 1. The van der Waals surface area contributed by atoms with Gasteiger partial charge in [-0.2, -0.15) is 4.98 Å². The average molecular weight is 363 g/mol. The van der Waals surface area contributed by atoms with E-state index in [4.69, 9.17) is 20.4 Å². The summed E-state index contributed by atoms with van der Waals surface area (Å²) < 4.78 is 6.12. The summed E-state index contributed by atoms with van der Waals surface area (Å²) in [6.45, 7) is 2.76. The van der Waals surface area contributed by atoms with Gasteiger partial charge in [-0.15, -0.1) is 11.8 Å². The van der Waals surface area contributed by atoms with Crippen molar-refractivity contribution in [2.45, 2.75) is 24.8 Å². The highest BCUT2D eigenvalue weighted by atomic mass is 32.2. The van der Waals surface area contributed by atoms with Crippen molar-refractivity contribution in [3.63, 3.8) is 0 Å². The summed E-state index contributed by atoms with van der Waals surface area (Å²) in [6, 6.07) is 16.4. The summed E-state index contributed by atoms with van der Waals surface area (Å²) in [5.41, 5.74) is 10.1. The van der Waals surface area contributed by atoms with Crippen molar-refractivity contribution in [2.24, 2.45) is 5.73 Å². The number of nitrogens with zero attached hydrogens (tertiary/aromatic N) is 2. The van der Waals surface area contributed by atoms with Crippen molar-refractivity contribution in [1.29, 1.82) is 0 Å². The monoisotopic (exact) mass is 363 g/mol. The van der Waals surface area contributed by atoms with E-state index < -0.39 is 0 Å². The number of ether oxygens (including phenoxy) is 1. The van der Waals surface area contributed by atoms with Crippen LogP contribution < -0.4 is 10.5 Å². The summed E-state index contributed by atoms with van der Waals surface area (Å²) in [5.74, 6) is 3.20. The molecule has 1 aromatic heterocycles. The number of fused-ring (bicyclic) bond motifs is 2. The molecule has 0 spiro atoms. The second-order valence-corrected chi connectivity index (χ2v) is 7.46. The van der Waals surface area contributed by atoms with Crippen LogP contribution in [-0.4, -0.2) is 22.3 Å². The first kappa shape index (κ1) is 17.1. The lowest BCUT2D eigenvalue weighted by Gasteiger charge is -2.21. The summed E-state index contributed by atoms with van der Waals surface area (Å²) >= 11 is 1.74. The van der Waals surface area contributed by atoms with E-state index in [1.165, 1.54) is 11.1 Å². The maximum atomic E-state index is 6.12. The molecule has 0 amide bonds. The number of benzene rings is 2. The Bertz CT molecular complexity index is 925. The minimum absolute atomic E-state index is 0.671. The van der Waals surface area contributed by atoms with Crippen LogP contribution in [0.1, 0.15) is 23.1 Å². The molecule has 2 aromatic carbocycles. The predicted octanol–water partition coefficient (Wildman–Crippen LogP) is 4.59. The van der Waals surface area contributed by atoms with E-state index in [2.05, 4.69) is 37.3 Å². The maximum absolute atomic E-state index is 6.12. The molecule has 2 N–H and O–H groups in total. The van der Waals surface area contributed by atoms with E-state index in [1.807, 2.05) is 18.2 Å². The van der Waals surface area contributed by atoms with Crippen LogP contribution in [0.15, 0.2) is 53.6 Å². The number of aromatic nitrogens is 2. The molecule has 132 valence electrons. The molecule has 0 saturated heterocycles. The second kappa shape index (κ2) is 7.48. The molecule has 0 atom stereocenters. The Kier molecular flexibility index (Phi) is 4.91. The Morgan fingerprint density at radius 1 is 1.08 bits per heavy atom. The number of nitrogens with two attached hydrogens (primary N) is 1. The first-order valence-corrected chi connectivity index (χ1v) is 9.80. The van der Waals surface area contributed by atoms with E-state index in [9.17, 15) is 0 Å². The van der Waals surface area contributed by atoms with Gasteiger partial charge in [-0.05, 0) is 31.5 Å². The lowest BCUT2D eigenvalue weighted by atomic mass is 10.0. The zero-order valence-corrected chi connectivity index (χ0v) is 15.6. The molecule has 0 bridgehead atoms. The molecule has 1 aliphatic heterocycles. The van der Waals surface area contributed by atoms with Gasteiger partial charge < -0.3 is 10.5 Å². The molecular formula is C21H21N3OS. The van der Waals surface area contributed by atoms with E-state index >= 15 is 0 Å². The van der Waals surface area contributed by atoms with Crippen LogP contribution in [0.4, 0.5) is 0 Å². The number of hydrogen-bond donors (Lipinski definition) is 1. The molecule has 0 saturated carbocycles. The lowest BCUT2D eigenvalue weighted by molar-refractivity contribution is 0.435. The molecular weight excluding hydrogens is 342 g/mol. The quantitative estimate of drug-likeness (QED) is 0.319. The third-order valence-electron chi connectivity index (χ3n) is 4.37. The van der Waals surface area contributed by atoms with Gasteiger partial charge in [0.05, 0.1) is 5.56 Å². The Morgan fingerprint density at radius 2 is 1.88 bits per heavy atom. The van der Waals surface area contributed by atoms with Crippen molar-refractivity contribution in [2.75, 3.05) is 12.3 Å². The Morgan fingerprint density at radius 3 is 2.69 bits per heavy atom. The van der Waals surface area contributed by atoms with Gasteiger partial charge in [-0.25, -0.2) is 4.98 Å². The van der Waals surface area contributed by atoms with Crippen molar-refractivity contribution in [1.82, 2.24) is 9.97 Å². The van der Waals surface area contributed by atoms with Crippen LogP contribution >= 0.6 is 11.8 Å². The van der Waals surface area contributed by atoms with Gasteiger partial charge in [0.1, 0.15) is 10.8 Å². The number of aryl methyl sites for hydroxylation is 1. The zero-order chi connectivity index (χ0) is 17.9. The van der Waals surface area contributed by atoms with Gasteiger partial charge in [0.15, 0.2) is 5.82 Å². The molecule has 4 rings (SSSR count). The van der Waals surface area contributed by atoms with Gasteiger partial charge in [0, 0.05) is 17.7 Å². The number of hydrogen-bond acceptors (Lipinski definition) is 5. The van der Waals surface area contributed by atoms with Crippen LogP contribution in [0.25, 0.3) is 11.4 Å². The molecule has 0 fully saturated rings. The van der Waals surface area contributed by atoms with E-state index in [-0.39, 0.29) is 0 Å². The number of para-hydroxylation sites is 1. The summed E-state index contributed by atoms with van der Waals surface area (Å²) in [7, 11) is 0. The van der Waals surface area contributed by atoms with Crippen molar-refractivity contribution in [3.8, 4) is 23.0 Å². The van der Waals surface area contributed by atoms with E-state index in [1.54, 1.807) is 11.8 Å². The van der Waals surface area contributed by atoms with Crippen LogP contribution in [0.2, 0.25) is 0 Å². The normalized spacial score (nSPS) is 12.2. The lowest BCUT2D eigenvalue weighted by Crippen LogP contribution is -2.09. The molecule has 0 unspecified atom stereocenters. The second-order valence-electron chi connectivity index (χ2n) is 6.38. The highest BCUT2D eigenvalue weighted by Crippen LogP contribution is 2.40. The fraction of sp³-hybridized carbons (Fsp3) is 0.238. The smallest absolute Gasteiger partial charge is 0.227 e. The molecule has 1 aliphatic rings. The highest BCUT2D eigenvalue weighted by Gasteiger charge is 2.23. The standard InChI is InChI=1S/C21H21N3OS/c1-14-7-9-15(10-8-14)19-23-20-17(21(24-19)26-12-4-11-22)13-16-5-2-3-6-18(16)25-20/h2-3,5-10H,4,11-13,22H2,1H3. The molecule has 0 aliphatic carbocycles. The number of rotatable bonds is 5. The molecule has 5 heteroatoms. The summed E-state index contributed by atoms with van der Waals surface area (Å²) in [6.07, 6.45) is 1.76. The van der Waals surface area contributed by atoms with Crippen molar-refractivity contribution in [3.05, 3.63) is 65.2 Å². The van der Waals surface area contributed by atoms with Crippen molar-refractivity contribution >= 4 is 11.8 Å². The molecule has 26 heavy (non-hydrogen) atoms. The van der Waals surface area contributed by atoms with Crippen LogP contribution in [0, 0.1) is 6.92 Å². The van der Waals surface area contributed by atoms with Crippen LogP contribution in [-0.2, 0) is 6.42 Å². The zero-order valence-electron chi connectivity index (χ0n) is 14.7. The van der Waals surface area contributed by atoms with Crippen molar-refractivity contribution < 1.29 is 4.74 Å². The van der Waals surface area contributed by atoms with Crippen LogP contribution in [0.5, 0.6) is 11.6 Å². The fourth-order valence-corrected chi connectivity index (χ4v) is 3.92. The largest absolute Gasteiger partial charge is 0.438 e. The van der Waals surface area contributed by atoms with Gasteiger partial charge in [-0.3, -0.25) is 0 Å². The third kappa shape index (κ3) is 3.45. The van der Waals surface area contributed by atoms with E-state index in [0.717, 1.165) is 40.5 Å². The summed E-state index contributed by atoms with van der Waals surface area (Å²) in [5, 5.41) is 0.994.